The summed E-state index contributed by atoms with van der Waals surface area (Å²) in [6.45, 7) is 1.24. The van der Waals surface area contributed by atoms with Crippen LogP contribution in [0.25, 0.3) is 0 Å². The van der Waals surface area contributed by atoms with Gasteiger partial charge in [-0.05, 0) is 34.6 Å². The maximum Gasteiger partial charge on any atom is 0.0772 e. The van der Waals surface area contributed by atoms with Gasteiger partial charge >= 0.3 is 0 Å². The monoisotopic (exact) mass is 391 g/mol. The number of methoxy groups -OCH3 is 1. The zero-order valence-corrected chi connectivity index (χ0v) is 14.8. The van der Waals surface area contributed by atoms with Gasteiger partial charge in [0.1, 0.15) is 0 Å². The molecule has 0 aliphatic rings. The van der Waals surface area contributed by atoms with E-state index in [0.717, 1.165) is 15.7 Å². The van der Waals surface area contributed by atoms with Gasteiger partial charge in [0, 0.05) is 7.11 Å². The second-order valence-electron chi connectivity index (χ2n) is 4.46. The van der Waals surface area contributed by atoms with Crippen molar-refractivity contribution in [1.29, 1.82) is 0 Å². The molecular formula is C14H16BrCl2N3O. The summed E-state index contributed by atoms with van der Waals surface area (Å²) in [5, 5.41) is 8.73. The van der Waals surface area contributed by atoms with Crippen molar-refractivity contribution in [3.8, 4) is 0 Å². The number of rotatable bonds is 6. The molecule has 21 heavy (non-hydrogen) atoms. The first kappa shape index (κ1) is 16.8. The van der Waals surface area contributed by atoms with Crippen LogP contribution in [-0.2, 0) is 11.3 Å². The van der Waals surface area contributed by atoms with Crippen molar-refractivity contribution in [2.45, 2.75) is 12.6 Å². The van der Waals surface area contributed by atoms with E-state index in [9.17, 15) is 0 Å². The molecule has 1 aromatic heterocycles. The molecule has 4 nitrogen and oxygen atoms in total. The highest BCUT2D eigenvalue weighted by molar-refractivity contribution is 9.10. The van der Waals surface area contributed by atoms with Crippen LogP contribution < -0.4 is 5.32 Å². The fraction of sp³-hybridized carbons (Fsp3) is 0.357. The van der Waals surface area contributed by atoms with E-state index in [-0.39, 0.29) is 6.04 Å². The number of nitrogens with one attached hydrogen (secondary N) is 1. The minimum Gasteiger partial charge on any atom is -0.383 e. The smallest absolute Gasteiger partial charge is 0.0772 e. The van der Waals surface area contributed by atoms with Crippen molar-refractivity contribution in [1.82, 2.24) is 15.1 Å². The molecular weight excluding hydrogens is 377 g/mol. The minimum atomic E-state index is -0.120. The summed E-state index contributed by atoms with van der Waals surface area (Å²) in [6, 6.07) is 5.50. The Hall–Kier alpha value is -0.590. The van der Waals surface area contributed by atoms with E-state index in [1.54, 1.807) is 19.4 Å². The summed E-state index contributed by atoms with van der Waals surface area (Å²) < 4.78 is 7.93. The van der Waals surface area contributed by atoms with Crippen LogP contribution in [0.5, 0.6) is 0 Å². The molecule has 1 unspecified atom stereocenters. The van der Waals surface area contributed by atoms with Gasteiger partial charge in [-0.1, -0.05) is 35.3 Å². The number of aromatic nitrogens is 2. The standard InChI is InChI=1S/C14H16BrCl2N3O/c1-18-13(9-4-3-5-11(16)12(9)17)14-10(15)8-19-20(14)6-7-21-2/h3-5,8,13,18H,6-7H2,1-2H3. The van der Waals surface area contributed by atoms with Crippen molar-refractivity contribution in [3.63, 3.8) is 0 Å². The predicted octanol–water partition coefficient (Wildman–Crippen LogP) is 3.91. The Morgan fingerprint density at radius 1 is 1.43 bits per heavy atom. The van der Waals surface area contributed by atoms with Gasteiger partial charge in [0.15, 0.2) is 0 Å². The molecule has 0 amide bonds. The number of ether oxygens (including phenoxy) is 1. The Bertz CT molecular complexity index is 618. The Labute approximate surface area is 142 Å². The van der Waals surface area contributed by atoms with Crippen LogP contribution in [0.4, 0.5) is 0 Å². The number of hydrogen-bond acceptors (Lipinski definition) is 3. The van der Waals surface area contributed by atoms with Gasteiger partial charge in [-0.3, -0.25) is 4.68 Å². The highest BCUT2D eigenvalue weighted by atomic mass is 79.9. The van der Waals surface area contributed by atoms with Gasteiger partial charge in [0.2, 0.25) is 0 Å². The van der Waals surface area contributed by atoms with Crippen molar-refractivity contribution in [2.24, 2.45) is 0 Å². The lowest BCUT2D eigenvalue weighted by atomic mass is 10.0. The summed E-state index contributed by atoms with van der Waals surface area (Å²) in [4.78, 5) is 0. The molecule has 114 valence electrons. The zero-order chi connectivity index (χ0) is 15.4. The zero-order valence-electron chi connectivity index (χ0n) is 11.7. The maximum atomic E-state index is 6.35. The number of nitrogens with zero attached hydrogens (tertiary/aromatic N) is 2. The maximum absolute atomic E-state index is 6.35. The van der Waals surface area contributed by atoms with E-state index in [0.29, 0.717) is 23.2 Å². The Morgan fingerprint density at radius 3 is 2.86 bits per heavy atom. The van der Waals surface area contributed by atoms with Crippen LogP contribution in [-0.4, -0.2) is 30.5 Å². The topological polar surface area (TPSA) is 39.1 Å². The average molecular weight is 393 g/mol. The van der Waals surface area contributed by atoms with Gasteiger partial charge in [0.05, 0.1) is 45.6 Å². The molecule has 1 N–H and O–H groups in total. The molecule has 0 aliphatic carbocycles. The molecule has 7 heteroatoms. The van der Waals surface area contributed by atoms with Crippen LogP contribution in [0.2, 0.25) is 10.0 Å². The summed E-state index contributed by atoms with van der Waals surface area (Å²) in [5.41, 5.74) is 1.89. The summed E-state index contributed by atoms with van der Waals surface area (Å²) in [7, 11) is 3.55. The van der Waals surface area contributed by atoms with Gasteiger partial charge in [0.25, 0.3) is 0 Å². The van der Waals surface area contributed by atoms with Crippen LogP contribution >= 0.6 is 39.1 Å². The Morgan fingerprint density at radius 2 is 2.19 bits per heavy atom. The molecule has 1 heterocycles. The van der Waals surface area contributed by atoms with Crippen molar-refractivity contribution < 1.29 is 4.74 Å². The summed E-state index contributed by atoms with van der Waals surface area (Å²) >= 11 is 16.0. The third kappa shape index (κ3) is 3.60. The molecule has 0 radical (unpaired) electrons. The highest BCUT2D eigenvalue weighted by Gasteiger charge is 2.23. The third-order valence-electron chi connectivity index (χ3n) is 3.20. The fourth-order valence-electron chi connectivity index (χ4n) is 2.20. The normalized spacial score (nSPS) is 12.6. The molecule has 0 saturated carbocycles. The second-order valence-corrected chi connectivity index (χ2v) is 6.10. The number of benzene rings is 1. The average Bonchev–Trinajstić information content (AvgIpc) is 2.83. The van der Waals surface area contributed by atoms with Crippen molar-refractivity contribution >= 4 is 39.1 Å². The lowest BCUT2D eigenvalue weighted by Gasteiger charge is -2.20. The Kier molecular flexibility index (Phi) is 6.08. The van der Waals surface area contributed by atoms with E-state index < -0.39 is 0 Å². The van der Waals surface area contributed by atoms with Gasteiger partial charge in [-0.15, -0.1) is 0 Å². The van der Waals surface area contributed by atoms with Crippen LogP contribution in [0.3, 0.4) is 0 Å². The van der Waals surface area contributed by atoms with E-state index in [4.69, 9.17) is 27.9 Å². The van der Waals surface area contributed by atoms with Crippen LogP contribution in [0.1, 0.15) is 17.3 Å². The Balaban J connectivity index is 2.46. The van der Waals surface area contributed by atoms with Crippen molar-refractivity contribution in [3.05, 3.63) is 50.2 Å². The first-order valence-electron chi connectivity index (χ1n) is 6.41. The highest BCUT2D eigenvalue weighted by Crippen LogP contribution is 2.35. The number of halogens is 3. The molecule has 1 atom stereocenters. The molecule has 0 saturated heterocycles. The second kappa shape index (κ2) is 7.61. The first-order chi connectivity index (χ1) is 10.1. The van der Waals surface area contributed by atoms with E-state index in [2.05, 4.69) is 26.3 Å². The van der Waals surface area contributed by atoms with Crippen molar-refractivity contribution in [2.75, 3.05) is 20.8 Å². The largest absolute Gasteiger partial charge is 0.383 e. The predicted molar refractivity (Wildman–Crippen MR) is 89.2 cm³/mol. The lowest BCUT2D eigenvalue weighted by Crippen LogP contribution is -2.23. The molecule has 2 aromatic rings. The lowest BCUT2D eigenvalue weighted by molar-refractivity contribution is 0.182. The summed E-state index contributed by atoms with van der Waals surface area (Å²) in [5.74, 6) is 0. The van der Waals surface area contributed by atoms with Gasteiger partial charge in [-0.25, -0.2) is 0 Å². The molecule has 0 spiro atoms. The quantitative estimate of drug-likeness (QED) is 0.809. The minimum absolute atomic E-state index is 0.120. The molecule has 2 rings (SSSR count). The molecule has 1 aromatic carbocycles. The van der Waals surface area contributed by atoms with E-state index >= 15 is 0 Å². The molecule has 0 bridgehead atoms. The molecule has 0 aliphatic heterocycles. The first-order valence-corrected chi connectivity index (χ1v) is 7.96. The fourth-order valence-corrected chi connectivity index (χ4v) is 3.14. The van der Waals surface area contributed by atoms with E-state index in [1.807, 2.05) is 23.9 Å². The number of hydrogen-bond donors (Lipinski definition) is 1. The van der Waals surface area contributed by atoms with Crippen LogP contribution in [0, 0.1) is 0 Å². The van der Waals surface area contributed by atoms with Gasteiger partial charge < -0.3 is 10.1 Å². The SMILES string of the molecule is CNC(c1cccc(Cl)c1Cl)c1c(Br)cnn1CCOC. The third-order valence-corrected chi connectivity index (χ3v) is 4.64. The van der Waals surface area contributed by atoms with Crippen LogP contribution in [0.15, 0.2) is 28.9 Å². The van der Waals surface area contributed by atoms with Gasteiger partial charge in [-0.2, -0.15) is 5.10 Å². The van der Waals surface area contributed by atoms with E-state index in [1.165, 1.54) is 0 Å². The molecule has 0 fully saturated rings. The summed E-state index contributed by atoms with van der Waals surface area (Å²) in [6.07, 6.45) is 1.77.